The first-order valence-electron chi connectivity index (χ1n) is 11.2. The average Bonchev–Trinajstić information content (AvgIpc) is 3.35. The Balaban J connectivity index is 1.51. The van der Waals surface area contributed by atoms with Crippen LogP contribution < -0.4 is 5.32 Å². The zero-order valence-corrected chi connectivity index (χ0v) is 17.3. The van der Waals surface area contributed by atoms with Crippen LogP contribution in [-0.4, -0.2) is 45.3 Å². The number of nitrogens with one attached hydrogen (secondary N) is 1. The minimum Gasteiger partial charge on any atom is -0.389 e. The standard InChI is InChI=1S/C22H31N5O2/c1-2-10-27-21-18(15-24-27)20(25-16-6-11-28-12-7-16)17(14-23-21)19-13-22(29-26-19)8-4-3-5-9-22/h14-16H,2-13H2,1H3,(H,23,25). The normalized spacial score (nSPS) is 22.0. The third-order valence-corrected chi connectivity index (χ3v) is 6.59. The maximum Gasteiger partial charge on any atom is 0.159 e. The Morgan fingerprint density at radius 1 is 1.17 bits per heavy atom. The molecule has 4 heterocycles. The molecule has 1 saturated heterocycles. The van der Waals surface area contributed by atoms with Gasteiger partial charge >= 0.3 is 0 Å². The summed E-state index contributed by atoms with van der Waals surface area (Å²) in [6.45, 7) is 4.66. The maximum absolute atomic E-state index is 6.04. The zero-order chi connectivity index (χ0) is 19.7. The summed E-state index contributed by atoms with van der Waals surface area (Å²) < 4.78 is 7.56. The smallest absolute Gasteiger partial charge is 0.159 e. The molecule has 1 saturated carbocycles. The Bertz CT molecular complexity index is 894. The van der Waals surface area contributed by atoms with Crippen LogP contribution >= 0.6 is 0 Å². The summed E-state index contributed by atoms with van der Waals surface area (Å²) in [5, 5.41) is 14.1. The highest BCUT2D eigenvalue weighted by Crippen LogP contribution is 2.41. The monoisotopic (exact) mass is 397 g/mol. The molecule has 2 aliphatic heterocycles. The van der Waals surface area contributed by atoms with Crippen molar-refractivity contribution in [1.29, 1.82) is 0 Å². The number of nitrogens with zero attached hydrogens (tertiary/aromatic N) is 4. The van der Waals surface area contributed by atoms with Crippen molar-refractivity contribution >= 4 is 22.4 Å². The number of aromatic nitrogens is 3. The van der Waals surface area contributed by atoms with Crippen molar-refractivity contribution in [1.82, 2.24) is 14.8 Å². The van der Waals surface area contributed by atoms with E-state index in [1.165, 1.54) is 19.3 Å². The van der Waals surface area contributed by atoms with E-state index in [-0.39, 0.29) is 5.60 Å². The predicted molar refractivity (Wildman–Crippen MR) is 113 cm³/mol. The molecule has 0 aromatic carbocycles. The van der Waals surface area contributed by atoms with Gasteiger partial charge in [-0.2, -0.15) is 5.10 Å². The number of oxime groups is 1. The van der Waals surface area contributed by atoms with Crippen molar-refractivity contribution in [2.45, 2.75) is 82.9 Å². The largest absolute Gasteiger partial charge is 0.389 e. The van der Waals surface area contributed by atoms with Gasteiger partial charge in [-0.05, 0) is 44.9 Å². The molecule has 0 amide bonds. The Hall–Kier alpha value is -2.15. The van der Waals surface area contributed by atoms with Crippen LogP contribution in [-0.2, 0) is 16.1 Å². The SMILES string of the molecule is CCCn1ncc2c(NC3CCOCC3)c(C3=NOC4(CCCCC4)C3)cnc21. The van der Waals surface area contributed by atoms with E-state index in [4.69, 9.17) is 14.6 Å². The average molecular weight is 398 g/mol. The molecule has 0 bridgehead atoms. The molecule has 2 aromatic rings. The van der Waals surface area contributed by atoms with Gasteiger partial charge < -0.3 is 14.9 Å². The molecule has 1 aliphatic carbocycles. The molecule has 0 radical (unpaired) electrons. The Labute approximate surface area is 171 Å². The van der Waals surface area contributed by atoms with Crippen LogP contribution in [0.5, 0.6) is 0 Å². The van der Waals surface area contributed by atoms with Crippen LogP contribution in [0.2, 0.25) is 0 Å². The van der Waals surface area contributed by atoms with Crippen LogP contribution in [0.25, 0.3) is 11.0 Å². The van der Waals surface area contributed by atoms with E-state index in [0.717, 1.165) is 86.3 Å². The second-order valence-corrected chi connectivity index (χ2v) is 8.73. The Morgan fingerprint density at radius 2 is 2.00 bits per heavy atom. The number of aryl methyl sites for hydroxylation is 1. The van der Waals surface area contributed by atoms with Crippen LogP contribution in [0, 0.1) is 0 Å². The lowest BCUT2D eigenvalue weighted by molar-refractivity contribution is -0.0449. The van der Waals surface area contributed by atoms with Gasteiger partial charge in [-0.25, -0.2) is 9.67 Å². The van der Waals surface area contributed by atoms with Crippen molar-refractivity contribution in [2.75, 3.05) is 18.5 Å². The summed E-state index contributed by atoms with van der Waals surface area (Å²) in [5.74, 6) is 0. The van der Waals surface area contributed by atoms with Gasteiger partial charge in [-0.1, -0.05) is 18.5 Å². The molecular formula is C22H31N5O2. The van der Waals surface area contributed by atoms with E-state index in [1.807, 2.05) is 17.1 Å². The van der Waals surface area contributed by atoms with Gasteiger partial charge in [0.2, 0.25) is 0 Å². The molecule has 2 fully saturated rings. The van der Waals surface area contributed by atoms with Gasteiger partial charge in [-0.15, -0.1) is 0 Å². The maximum atomic E-state index is 6.04. The molecular weight excluding hydrogens is 366 g/mol. The van der Waals surface area contributed by atoms with Crippen molar-refractivity contribution in [2.24, 2.45) is 5.16 Å². The van der Waals surface area contributed by atoms with Crippen LogP contribution in [0.3, 0.4) is 0 Å². The summed E-state index contributed by atoms with van der Waals surface area (Å²) in [6.07, 6.45) is 13.9. The summed E-state index contributed by atoms with van der Waals surface area (Å²) >= 11 is 0. The van der Waals surface area contributed by atoms with Gasteiger partial charge in [0.05, 0.1) is 23.0 Å². The first-order chi connectivity index (χ1) is 14.3. The number of rotatable bonds is 5. The number of hydrogen-bond acceptors (Lipinski definition) is 6. The number of ether oxygens (including phenoxy) is 1. The number of pyridine rings is 1. The van der Waals surface area contributed by atoms with E-state index in [9.17, 15) is 0 Å². The van der Waals surface area contributed by atoms with Gasteiger partial charge in [0.15, 0.2) is 5.65 Å². The van der Waals surface area contributed by atoms with Crippen molar-refractivity contribution in [3.8, 4) is 0 Å². The fourth-order valence-corrected chi connectivity index (χ4v) is 4.95. The molecule has 7 nitrogen and oxygen atoms in total. The second-order valence-electron chi connectivity index (χ2n) is 8.73. The molecule has 5 rings (SSSR count). The molecule has 29 heavy (non-hydrogen) atoms. The first kappa shape index (κ1) is 18.9. The molecule has 2 aromatic heterocycles. The van der Waals surface area contributed by atoms with E-state index < -0.39 is 0 Å². The highest BCUT2D eigenvalue weighted by molar-refractivity contribution is 6.10. The van der Waals surface area contributed by atoms with Crippen LogP contribution in [0.15, 0.2) is 17.5 Å². The fourth-order valence-electron chi connectivity index (χ4n) is 4.95. The van der Waals surface area contributed by atoms with Crippen LogP contribution in [0.1, 0.15) is 70.3 Å². The quantitative estimate of drug-likeness (QED) is 0.816. The lowest BCUT2D eigenvalue weighted by Crippen LogP contribution is -2.32. The summed E-state index contributed by atoms with van der Waals surface area (Å²) in [7, 11) is 0. The molecule has 1 N–H and O–H groups in total. The highest BCUT2D eigenvalue weighted by atomic mass is 16.7. The van der Waals surface area contributed by atoms with Gasteiger partial charge in [0.1, 0.15) is 5.60 Å². The number of anilines is 1. The summed E-state index contributed by atoms with van der Waals surface area (Å²) in [6, 6.07) is 0.397. The van der Waals surface area contributed by atoms with E-state index in [2.05, 4.69) is 22.5 Å². The van der Waals surface area contributed by atoms with Crippen LogP contribution in [0.4, 0.5) is 5.69 Å². The Morgan fingerprint density at radius 3 is 2.79 bits per heavy atom. The van der Waals surface area contributed by atoms with Crippen molar-refractivity contribution < 1.29 is 9.57 Å². The number of hydrogen-bond donors (Lipinski definition) is 1. The van der Waals surface area contributed by atoms with Crippen molar-refractivity contribution in [3.05, 3.63) is 18.0 Å². The molecule has 0 unspecified atom stereocenters. The predicted octanol–water partition coefficient (Wildman–Crippen LogP) is 4.26. The van der Waals surface area contributed by atoms with E-state index in [1.54, 1.807) is 0 Å². The highest BCUT2D eigenvalue weighted by Gasteiger charge is 2.41. The Kier molecular flexibility index (Phi) is 5.16. The van der Waals surface area contributed by atoms with Gasteiger partial charge in [0, 0.05) is 44.0 Å². The number of fused-ring (bicyclic) bond motifs is 1. The lowest BCUT2D eigenvalue weighted by atomic mass is 9.81. The third-order valence-electron chi connectivity index (χ3n) is 6.59. The third kappa shape index (κ3) is 3.61. The minimum atomic E-state index is -0.0924. The van der Waals surface area contributed by atoms with E-state index >= 15 is 0 Å². The summed E-state index contributed by atoms with van der Waals surface area (Å²) in [5.41, 5.74) is 4.06. The molecule has 1 spiro atoms. The van der Waals surface area contributed by atoms with Gasteiger partial charge in [-0.3, -0.25) is 0 Å². The van der Waals surface area contributed by atoms with E-state index in [0.29, 0.717) is 6.04 Å². The molecule has 3 aliphatic rings. The zero-order valence-electron chi connectivity index (χ0n) is 17.3. The fraction of sp³-hybridized carbons (Fsp3) is 0.682. The van der Waals surface area contributed by atoms with Gasteiger partial charge in [0.25, 0.3) is 0 Å². The second kappa shape index (κ2) is 7.94. The molecule has 0 atom stereocenters. The minimum absolute atomic E-state index is 0.0924. The molecule has 156 valence electrons. The molecule has 7 heteroatoms. The first-order valence-corrected chi connectivity index (χ1v) is 11.2. The van der Waals surface area contributed by atoms with Crippen molar-refractivity contribution in [3.63, 3.8) is 0 Å². The summed E-state index contributed by atoms with van der Waals surface area (Å²) in [4.78, 5) is 10.8. The topological polar surface area (TPSA) is 73.6 Å². The lowest BCUT2D eigenvalue weighted by Gasteiger charge is -2.30.